The lowest BCUT2D eigenvalue weighted by Crippen LogP contribution is -2.24. The van der Waals surface area contributed by atoms with Gasteiger partial charge >= 0.3 is 6.11 Å². The number of unbranched alkanes of at least 4 members (excludes halogenated alkanes) is 2. The van der Waals surface area contributed by atoms with Crippen molar-refractivity contribution in [2.45, 2.75) is 38.7 Å². The molecule has 0 aliphatic rings. The lowest BCUT2D eigenvalue weighted by Gasteiger charge is -2.20. The first-order valence-electron chi connectivity index (χ1n) is 13.4. The van der Waals surface area contributed by atoms with E-state index < -0.39 is 46.5 Å². The number of rotatable bonds is 9. The summed E-state index contributed by atoms with van der Waals surface area (Å²) in [7, 11) is 0. The van der Waals surface area contributed by atoms with Gasteiger partial charge in [0.15, 0.2) is 29.1 Å². The van der Waals surface area contributed by atoms with E-state index in [0.29, 0.717) is 6.07 Å². The maximum absolute atomic E-state index is 15.1. The van der Waals surface area contributed by atoms with Gasteiger partial charge in [-0.15, -0.1) is 0 Å². The van der Waals surface area contributed by atoms with Crippen molar-refractivity contribution >= 4 is 10.8 Å². The Bertz CT molecular complexity index is 1720. The zero-order valence-electron chi connectivity index (χ0n) is 22.5. The van der Waals surface area contributed by atoms with E-state index in [9.17, 15) is 26.3 Å². The molecular weight excluding hydrogens is 557 g/mol. The van der Waals surface area contributed by atoms with Crippen LogP contribution in [0.3, 0.4) is 0 Å². The minimum absolute atomic E-state index is 0.180. The highest BCUT2D eigenvalue weighted by molar-refractivity contribution is 5.91. The van der Waals surface area contributed by atoms with Crippen LogP contribution >= 0.6 is 0 Å². The number of hydrogen-bond acceptors (Lipinski definition) is 1. The maximum Gasteiger partial charge on any atom is 0.429 e. The number of fused-ring (bicyclic) bond motifs is 1. The Labute approximate surface area is 238 Å². The van der Waals surface area contributed by atoms with Gasteiger partial charge < -0.3 is 4.74 Å². The lowest BCUT2D eigenvalue weighted by atomic mass is 9.96. The van der Waals surface area contributed by atoms with Crippen molar-refractivity contribution in [3.8, 4) is 28.0 Å². The Balaban J connectivity index is 1.39. The van der Waals surface area contributed by atoms with Gasteiger partial charge in [0, 0.05) is 17.7 Å². The Morgan fingerprint density at radius 3 is 1.83 bits per heavy atom. The normalized spacial score (nSPS) is 11.7. The molecule has 8 heteroatoms. The first-order chi connectivity index (χ1) is 20.1. The Kier molecular flexibility index (Phi) is 8.25. The predicted octanol–water partition coefficient (Wildman–Crippen LogP) is 10.7. The van der Waals surface area contributed by atoms with Gasteiger partial charge in [-0.3, -0.25) is 0 Å². The third-order valence-electron chi connectivity index (χ3n) is 7.11. The fraction of sp³-hybridized carbons (Fsp3) is 0.176. The molecule has 42 heavy (non-hydrogen) atoms. The summed E-state index contributed by atoms with van der Waals surface area (Å²) in [5, 5.41) is 1.57. The van der Waals surface area contributed by atoms with Crippen LogP contribution in [0, 0.1) is 29.1 Å². The van der Waals surface area contributed by atoms with Crippen molar-refractivity contribution < 1.29 is 35.5 Å². The second-order valence-electron chi connectivity index (χ2n) is 10.0. The van der Waals surface area contributed by atoms with Crippen LogP contribution in [0.4, 0.5) is 30.7 Å². The number of hydrogen-bond donors (Lipinski definition) is 0. The quantitative estimate of drug-likeness (QED) is 0.0955. The molecule has 0 saturated carbocycles. The standard InChI is InChI=1S/C34H25F7O/c1-2-3-4-5-20-6-8-21(9-7-20)22-10-11-24-17-25(13-12-23(24)16-22)27-14-15-28(32(38)31(27)37)34(40,41)42-26-18-29(35)33(39)30(36)19-26/h6-19H,2-5H2,1H3. The molecule has 0 radical (unpaired) electrons. The van der Waals surface area contributed by atoms with Crippen molar-refractivity contribution in [1.82, 2.24) is 0 Å². The largest absolute Gasteiger partial charge is 0.429 e. The van der Waals surface area contributed by atoms with Crippen LogP contribution < -0.4 is 4.74 Å². The van der Waals surface area contributed by atoms with E-state index in [-0.39, 0.29) is 23.3 Å². The highest BCUT2D eigenvalue weighted by atomic mass is 19.3. The highest BCUT2D eigenvalue weighted by Gasteiger charge is 2.40. The Morgan fingerprint density at radius 1 is 0.595 bits per heavy atom. The molecule has 0 atom stereocenters. The van der Waals surface area contributed by atoms with Crippen LogP contribution in [-0.4, -0.2) is 0 Å². The van der Waals surface area contributed by atoms with E-state index in [2.05, 4.69) is 35.9 Å². The summed E-state index contributed by atoms with van der Waals surface area (Å²) in [4.78, 5) is 0. The molecule has 0 unspecified atom stereocenters. The zero-order chi connectivity index (χ0) is 30.0. The van der Waals surface area contributed by atoms with Crippen LogP contribution in [0.2, 0.25) is 0 Å². The van der Waals surface area contributed by atoms with Crippen molar-refractivity contribution in [2.24, 2.45) is 0 Å². The van der Waals surface area contributed by atoms with E-state index in [4.69, 9.17) is 0 Å². The summed E-state index contributed by atoms with van der Waals surface area (Å²) in [5.41, 5.74) is 1.80. The van der Waals surface area contributed by atoms with Crippen LogP contribution in [0.1, 0.15) is 37.3 Å². The SMILES string of the molecule is CCCCCc1ccc(-c2ccc3cc(-c4ccc(C(F)(F)Oc5cc(F)c(F)c(F)c5)c(F)c4F)ccc3c2)cc1. The lowest BCUT2D eigenvalue weighted by molar-refractivity contribution is -0.187. The summed E-state index contributed by atoms with van der Waals surface area (Å²) in [6, 6.07) is 21.0. The number of aryl methyl sites for hydroxylation is 1. The minimum Gasteiger partial charge on any atom is -0.429 e. The molecule has 0 amide bonds. The number of ether oxygens (including phenoxy) is 1. The summed E-state index contributed by atoms with van der Waals surface area (Å²) >= 11 is 0. The van der Waals surface area contributed by atoms with Gasteiger partial charge in [-0.25, -0.2) is 22.0 Å². The second kappa shape index (κ2) is 11.9. The van der Waals surface area contributed by atoms with Crippen LogP contribution in [0.5, 0.6) is 5.75 Å². The van der Waals surface area contributed by atoms with E-state index in [0.717, 1.165) is 40.8 Å². The smallest absolute Gasteiger partial charge is 0.429 e. The third-order valence-corrected chi connectivity index (χ3v) is 7.11. The molecule has 0 saturated heterocycles. The van der Waals surface area contributed by atoms with Gasteiger partial charge in [-0.05, 0) is 64.1 Å². The summed E-state index contributed by atoms with van der Waals surface area (Å²) in [6.45, 7) is 2.17. The second-order valence-corrected chi connectivity index (χ2v) is 10.0. The van der Waals surface area contributed by atoms with Gasteiger partial charge in [-0.1, -0.05) is 74.4 Å². The topological polar surface area (TPSA) is 9.23 Å². The fourth-order valence-electron chi connectivity index (χ4n) is 4.83. The first kappa shape index (κ1) is 29.2. The molecule has 0 aliphatic heterocycles. The monoisotopic (exact) mass is 582 g/mol. The van der Waals surface area contributed by atoms with E-state index in [1.165, 1.54) is 18.4 Å². The van der Waals surface area contributed by atoms with Gasteiger partial charge in [0.1, 0.15) is 11.3 Å². The molecule has 5 aromatic carbocycles. The summed E-state index contributed by atoms with van der Waals surface area (Å²) in [5.74, 6) is -9.98. The number of alkyl halides is 2. The van der Waals surface area contributed by atoms with Crippen molar-refractivity contribution in [3.63, 3.8) is 0 Å². The molecule has 0 bridgehead atoms. The Hall–Kier alpha value is -4.33. The minimum atomic E-state index is -4.52. The van der Waals surface area contributed by atoms with E-state index in [1.54, 1.807) is 18.2 Å². The zero-order valence-corrected chi connectivity index (χ0v) is 22.5. The van der Waals surface area contributed by atoms with Crippen LogP contribution in [0.15, 0.2) is 84.9 Å². The van der Waals surface area contributed by atoms with Crippen molar-refractivity contribution in [1.29, 1.82) is 0 Å². The van der Waals surface area contributed by atoms with Gasteiger partial charge in [0.2, 0.25) is 0 Å². The molecule has 0 N–H and O–H groups in total. The number of halogens is 7. The molecular formula is C34H25F7O. The highest BCUT2D eigenvalue weighted by Crippen LogP contribution is 2.38. The molecule has 0 aromatic heterocycles. The van der Waals surface area contributed by atoms with Gasteiger partial charge in [0.25, 0.3) is 0 Å². The molecule has 0 fully saturated rings. The first-order valence-corrected chi connectivity index (χ1v) is 13.4. The summed E-state index contributed by atoms with van der Waals surface area (Å²) < 4.78 is 104. The van der Waals surface area contributed by atoms with Crippen LogP contribution in [0.25, 0.3) is 33.0 Å². The molecule has 0 aliphatic carbocycles. The molecule has 0 spiro atoms. The van der Waals surface area contributed by atoms with Gasteiger partial charge in [0.05, 0.1) is 0 Å². The number of benzene rings is 5. The average Bonchev–Trinajstić information content (AvgIpc) is 2.97. The summed E-state index contributed by atoms with van der Waals surface area (Å²) in [6.07, 6.45) is 0.0213. The maximum atomic E-state index is 15.1. The van der Waals surface area contributed by atoms with Crippen molar-refractivity contribution in [3.05, 3.63) is 125 Å². The molecule has 5 aromatic rings. The molecule has 1 nitrogen and oxygen atoms in total. The molecule has 0 heterocycles. The third kappa shape index (κ3) is 5.98. The average molecular weight is 583 g/mol. The van der Waals surface area contributed by atoms with Crippen molar-refractivity contribution in [2.75, 3.05) is 0 Å². The molecule has 216 valence electrons. The predicted molar refractivity (Wildman–Crippen MR) is 149 cm³/mol. The van der Waals surface area contributed by atoms with Gasteiger partial charge in [-0.2, -0.15) is 8.78 Å². The van der Waals surface area contributed by atoms with Crippen LogP contribution in [-0.2, 0) is 12.5 Å². The van der Waals surface area contributed by atoms with E-state index in [1.807, 2.05) is 18.2 Å². The Morgan fingerprint density at radius 2 is 1.19 bits per heavy atom. The fourth-order valence-corrected chi connectivity index (χ4v) is 4.83. The molecule has 5 rings (SSSR count). The van der Waals surface area contributed by atoms with E-state index >= 15 is 4.39 Å².